The van der Waals surface area contributed by atoms with Crippen molar-refractivity contribution in [3.8, 4) is 0 Å². The zero-order chi connectivity index (χ0) is 19.4. The van der Waals surface area contributed by atoms with Gasteiger partial charge in [-0.25, -0.2) is 4.98 Å². The molecule has 28 heavy (non-hydrogen) atoms. The number of nitrogens with zero attached hydrogens (tertiary/aromatic N) is 4. The summed E-state index contributed by atoms with van der Waals surface area (Å²) in [5.74, 6) is 1.61. The predicted octanol–water partition coefficient (Wildman–Crippen LogP) is 2.63. The molecule has 0 aliphatic carbocycles. The number of amides is 1. The molecular formula is C19H26N4O4S. The maximum Gasteiger partial charge on any atom is 0.273 e. The maximum atomic E-state index is 12.9. The van der Waals surface area contributed by atoms with Gasteiger partial charge in [0.2, 0.25) is 5.89 Å². The Balaban J connectivity index is 1.57. The first-order chi connectivity index (χ1) is 13.7. The van der Waals surface area contributed by atoms with Gasteiger partial charge in [-0.15, -0.1) is 11.3 Å². The molecule has 1 unspecified atom stereocenters. The molecule has 8 nitrogen and oxygen atoms in total. The lowest BCUT2D eigenvalue weighted by atomic mass is 9.76. The van der Waals surface area contributed by atoms with E-state index >= 15 is 0 Å². The van der Waals surface area contributed by atoms with Gasteiger partial charge in [0.15, 0.2) is 5.82 Å². The lowest BCUT2D eigenvalue weighted by molar-refractivity contribution is 0.0562. The summed E-state index contributed by atoms with van der Waals surface area (Å²) in [6.07, 6.45) is 4.35. The highest BCUT2D eigenvalue weighted by Crippen LogP contribution is 2.37. The fraction of sp³-hybridized carbons (Fsp3) is 0.684. The van der Waals surface area contributed by atoms with Crippen molar-refractivity contribution in [2.75, 3.05) is 40.0 Å². The first-order valence-corrected chi connectivity index (χ1v) is 10.7. The molecule has 4 heterocycles. The molecule has 0 aromatic carbocycles. The van der Waals surface area contributed by atoms with Crippen molar-refractivity contribution in [2.24, 2.45) is 0 Å². The highest BCUT2D eigenvalue weighted by molar-refractivity contribution is 7.07. The van der Waals surface area contributed by atoms with Crippen LogP contribution in [0, 0.1) is 0 Å². The van der Waals surface area contributed by atoms with Crippen LogP contribution in [0.2, 0.25) is 0 Å². The number of thiazole rings is 1. The molecule has 2 aliphatic rings. The van der Waals surface area contributed by atoms with Gasteiger partial charge in [0.1, 0.15) is 5.69 Å². The Hall–Kier alpha value is -1.84. The number of hydrogen-bond acceptors (Lipinski definition) is 8. The topological polar surface area (TPSA) is 90.6 Å². The second-order valence-electron chi connectivity index (χ2n) is 7.57. The first kappa shape index (κ1) is 19.5. The number of carbonyl (C=O) groups is 1. The van der Waals surface area contributed by atoms with Crippen LogP contribution in [-0.2, 0) is 14.9 Å². The second-order valence-corrected chi connectivity index (χ2v) is 8.29. The van der Waals surface area contributed by atoms with Crippen molar-refractivity contribution in [3.63, 3.8) is 0 Å². The molecule has 0 spiro atoms. The molecule has 0 bridgehead atoms. The van der Waals surface area contributed by atoms with Crippen LogP contribution in [0.5, 0.6) is 0 Å². The number of piperidine rings is 1. The van der Waals surface area contributed by atoms with E-state index in [1.54, 1.807) is 18.0 Å². The minimum absolute atomic E-state index is 0.0316. The largest absolute Gasteiger partial charge is 0.385 e. The van der Waals surface area contributed by atoms with Crippen LogP contribution in [0.3, 0.4) is 0 Å². The molecule has 4 rings (SSSR count). The first-order valence-electron chi connectivity index (χ1n) is 9.80. The Morgan fingerprint density at radius 1 is 1.43 bits per heavy atom. The minimum atomic E-state index is -0.354. The summed E-state index contributed by atoms with van der Waals surface area (Å²) in [7, 11) is 1.69. The van der Waals surface area contributed by atoms with E-state index in [0.29, 0.717) is 30.6 Å². The molecule has 0 radical (unpaired) electrons. The van der Waals surface area contributed by atoms with Crippen LogP contribution >= 0.6 is 11.3 Å². The van der Waals surface area contributed by atoms with Gasteiger partial charge in [0.05, 0.1) is 10.9 Å². The highest BCUT2D eigenvalue weighted by Gasteiger charge is 2.43. The summed E-state index contributed by atoms with van der Waals surface area (Å²) in [6, 6.07) is 0. The lowest BCUT2D eigenvalue weighted by Crippen LogP contribution is -2.49. The van der Waals surface area contributed by atoms with Gasteiger partial charge >= 0.3 is 0 Å². The van der Waals surface area contributed by atoms with Crippen molar-refractivity contribution >= 4 is 17.2 Å². The van der Waals surface area contributed by atoms with Gasteiger partial charge in [-0.2, -0.15) is 4.98 Å². The zero-order valence-corrected chi connectivity index (χ0v) is 16.9. The van der Waals surface area contributed by atoms with E-state index in [2.05, 4.69) is 10.1 Å². The van der Waals surface area contributed by atoms with Crippen molar-refractivity contribution in [1.82, 2.24) is 20.0 Å². The number of rotatable bonds is 6. The SMILES string of the molecule is COCCC1(c2noc(C3CCOCC3)n2)CCCN(C(=O)c2cscn2)C1. The standard InChI is InChI=1S/C19H26N4O4S/c1-25-10-6-19(18-21-16(27-22-18)14-3-8-26-9-4-14)5-2-7-23(12-19)17(24)15-11-28-13-20-15/h11,13-14H,2-10,12H2,1H3. The summed E-state index contributed by atoms with van der Waals surface area (Å²) in [5, 5.41) is 6.16. The average molecular weight is 407 g/mol. The van der Waals surface area contributed by atoms with Crippen LogP contribution in [0.25, 0.3) is 0 Å². The van der Waals surface area contributed by atoms with Gasteiger partial charge in [0, 0.05) is 51.3 Å². The quantitative estimate of drug-likeness (QED) is 0.728. The summed E-state index contributed by atoms with van der Waals surface area (Å²) in [4.78, 5) is 23.7. The Bertz CT molecular complexity index is 775. The number of carbonyl (C=O) groups excluding carboxylic acids is 1. The van der Waals surface area contributed by atoms with Gasteiger partial charge in [0.25, 0.3) is 5.91 Å². The van der Waals surface area contributed by atoms with Crippen LogP contribution in [0.1, 0.15) is 60.2 Å². The molecule has 0 saturated carbocycles. The van der Waals surface area contributed by atoms with Crippen molar-refractivity contribution in [1.29, 1.82) is 0 Å². The number of hydrogen-bond donors (Lipinski definition) is 0. The van der Waals surface area contributed by atoms with E-state index in [0.717, 1.165) is 51.9 Å². The predicted molar refractivity (Wildman–Crippen MR) is 103 cm³/mol. The molecule has 2 saturated heterocycles. The Morgan fingerprint density at radius 2 is 2.29 bits per heavy atom. The molecule has 2 fully saturated rings. The van der Waals surface area contributed by atoms with Crippen molar-refractivity contribution in [2.45, 2.75) is 43.4 Å². The van der Waals surface area contributed by atoms with E-state index in [1.807, 2.05) is 4.90 Å². The summed E-state index contributed by atoms with van der Waals surface area (Å²) in [6.45, 7) is 3.31. The number of likely N-dealkylation sites (tertiary alicyclic amines) is 1. The lowest BCUT2D eigenvalue weighted by Gasteiger charge is -2.40. The van der Waals surface area contributed by atoms with Crippen LogP contribution in [-0.4, -0.2) is 66.0 Å². The van der Waals surface area contributed by atoms with E-state index in [4.69, 9.17) is 19.0 Å². The monoisotopic (exact) mass is 406 g/mol. The van der Waals surface area contributed by atoms with Crippen LogP contribution in [0.4, 0.5) is 0 Å². The molecule has 2 aromatic heterocycles. The number of ether oxygens (including phenoxy) is 2. The Morgan fingerprint density at radius 3 is 3.04 bits per heavy atom. The molecule has 0 N–H and O–H groups in total. The average Bonchev–Trinajstić information content (AvgIpc) is 3.45. The van der Waals surface area contributed by atoms with Gasteiger partial charge in [-0.3, -0.25) is 4.79 Å². The van der Waals surface area contributed by atoms with Crippen molar-refractivity contribution in [3.05, 3.63) is 28.3 Å². The van der Waals surface area contributed by atoms with Crippen LogP contribution in [0.15, 0.2) is 15.4 Å². The van der Waals surface area contributed by atoms with Gasteiger partial charge < -0.3 is 18.9 Å². The summed E-state index contributed by atoms with van der Waals surface area (Å²) >= 11 is 1.43. The van der Waals surface area contributed by atoms with E-state index in [-0.39, 0.29) is 17.2 Å². The zero-order valence-electron chi connectivity index (χ0n) is 16.1. The van der Waals surface area contributed by atoms with Crippen molar-refractivity contribution < 1.29 is 18.8 Å². The van der Waals surface area contributed by atoms with Gasteiger partial charge in [-0.05, 0) is 32.1 Å². The highest BCUT2D eigenvalue weighted by atomic mass is 32.1. The third-order valence-electron chi connectivity index (χ3n) is 5.79. The maximum absolute atomic E-state index is 12.9. The molecule has 1 amide bonds. The number of methoxy groups -OCH3 is 1. The third kappa shape index (κ3) is 3.97. The van der Waals surface area contributed by atoms with E-state index < -0.39 is 0 Å². The third-order valence-corrected chi connectivity index (χ3v) is 6.37. The fourth-order valence-electron chi connectivity index (χ4n) is 4.14. The smallest absolute Gasteiger partial charge is 0.273 e. The number of aromatic nitrogens is 3. The Kier molecular flexibility index (Phi) is 6.03. The van der Waals surface area contributed by atoms with Gasteiger partial charge in [-0.1, -0.05) is 5.16 Å². The summed E-state index contributed by atoms with van der Waals surface area (Å²) < 4.78 is 16.5. The normalized spacial score (nSPS) is 23.8. The molecule has 152 valence electrons. The second kappa shape index (κ2) is 8.67. The molecule has 2 aliphatic heterocycles. The Labute approximate surface area is 168 Å². The van der Waals surface area contributed by atoms with E-state index in [1.165, 1.54) is 11.3 Å². The molecular weight excluding hydrogens is 380 g/mol. The summed E-state index contributed by atoms with van der Waals surface area (Å²) in [5.41, 5.74) is 1.84. The fourth-order valence-corrected chi connectivity index (χ4v) is 4.67. The van der Waals surface area contributed by atoms with E-state index in [9.17, 15) is 4.79 Å². The minimum Gasteiger partial charge on any atom is -0.385 e. The molecule has 9 heteroatoms. The van der Waals surface area contributed by atoms with Crippen LogP contribution < -0.4 is 0 Å². The molecule has 2 aromatic rings. The molecule has 1 atom stereocenters.